The highest BCUT2D eigenvalue weighted by molar-refractivity contribution is 5.74. The Morgan fingerprint density at radius 2 is 2.21 bits per heavy atom. The fourth-order valence-electron chi connectivity index (χ4n) is 2.80. The average Bonchev–Trinajstić information content (AvgIpc) is 2.64. The third-order valence-corrected chi connectivity index (χ3v) is 4.20. The minimum absolute atomic E-state index is 0.0801. The summed E-state index contributed by atoms with van der Waals surface area (Å²) in [5.41, 5.74) is 0.979. The summed E-state index contributed by atoms with van der Waals surface area (Å²) in [5, 5.41) is 3.03. The second-order valence-corrected chi connectivity index (χ2v) is 6.00. The molecule has 1 aliphatic heterocycles. The normalized spacial score (nSPS) is 17.3. The molecule has 0 aromatic heterocycles. The number of nitrogens with one attached hydrogen (secondary N) is 1. The second kappa shape index (κ2) is 10.2. The number of rotatable bonds is 8. The van der Waals surface area contributed by atoms with Crippen LogP contribution in [0.4, 0.5) is 4.79 Å². The van der Waals surface area contributed by atoms with Gasteiger partial charge in [-0.3, -0.25) is 0 Å². The van der Waals surface area contributed by atoms with Gasteiger partial charge in [0.1, 0.15) is 5.75 Å². The molecular formula is C18H28N2O4. The summed E-state index contributed by atoms with van der Waals surface area (Å²) in [6, 6.07) is 7.67. The molecule has 6 nitrogen and oxygen atoms in total. The molecule has 2 rings (SSSR count). The largest absolute Gasteiger partial charge is 0.496 e. The van der Waals surface area contributed by atoms with Gasteiger partial charge in [-0.2, -0.15) is 0 Å². The molecule has 1 atom stereocenters. The molecule has 1 N–H and O–H groups in total. The molecular weight excluding hydrogens is 308 g/mol. The van der Waals surface area contributed by atoms with Crippen LogP contribution in [0.5, 0.6) is 5.75 Å². The SMILES string of the molecule is COCCN(Cc1ccccc1OC)C(=O)NCC1CCCOC1. The fraction of sp³-hybridized carbons (Fsp3) is 0.611. The number of carbonyl (C=O) groups excluding carboxylic acids is 1. The number of amides is 2. The minimum Gasteiger partial charge on any atom is -0.496 e. The summed E-state index contributed by atoms with van der Waals surface area (Å²) in [6.45, 7) is 3.72. The van der Waals surface area contributed by atoms with Crippen molar-refractivity contribution in [3.05, 3.63) is 29.8 Å². The van der Waals surface area contributed by atoms with Gasteiger partial charge in [-0.1, -0.05) is 18.2 Å². The Bertz CT molecular complexity index is 504. The number of nitrogens with zero attached hydrogens (tertiary/aromatic N) is 1. The molecule has 1 aromatic carbocycles. The van der Waals surface area contributed by atoms with Crippen molar-refractivity contribution in [3.8, 4) is 5.75 Å². The maximum atomic E-state index is 12.6. The molecule has 1 unspecified atom stereocenters. The van der Waals surface area contributed by atoms with E-state index in [9.17, 15) is 4.79 Å². The zero-order valence-corrected chi connectivity index (χ0v) is 14.6. The van der Waals surface area contributed by atoms with E-state index in [1.54, 1.807) is 19.1 Å². The van der Waals surface area contributed by atoms with Gasteiger partial charge in [-0.15, -0.1) is 0 Å². The maximum Gasteiger partial charge on any atom is 0.317 e. The Balaban J connectivity index is 1.94. The molecule has 1 aromatic rings. The molecule has 1 fully saturated rings. The zero-order chi connectivity index (χ0) is 17.2. The first-order valence-electron chi connectivity index (χ1n) is 8.46. The lowest BCUT2D eigenvalue weighted by Crippen LogP contribution is -2.43. The number of hydrogen-bond acceptors (Lipinski definition) is 4. The molecule has 24 heavy (non-hydrogen) atoms. The highest BCUT2D eigenvalue weighted by atomic mass is 16.5. The molecule has 0 radical (unpaired) electrons. The molecule has 134 valence electrons. The minimum atomic E-state index is -0.0801. The van der Waals surface area contributed by atoms with Gasteiger partial charge in [0.05, 0.1) is 26.9 Å². The van der Waals surface area contributed by atoms with Gasteiger partial charge < -0.3 is 24.4 Å². The van der Waals surface area contributed by atoms with Gasteiger partial charge in [0, 0.05) is 32.4 Å². The number of benzene rings is 1. The summed E-state index contributed by atoms with van der Waals surface area (Å²) in [7, 11) is 3.28. The maximum absolute atomic E-state index is 12.6. The third-order valence-electron chi connectivity index (χ3n) is 4.20. The van der Waals surface area contributed by atoms with Gasteiger partial charge in [0.25, 0.3) is 0 Å². The summed E-state index contributed by atoms with van der Waals surface area (Å²) in [6.07, 6.45) is 2.17. The van der Waals surface area contributed by atoms with Crippen LogP contribution in [0.2, 0.25) is 0 Å². The van der Waals surface area contributed by atoms with Crippen molar-refractivity contribution in [1.29, 1.82) is 0 Å². The molecule has 0 spiro atoms. The van der Waals surface area contributed by atoms with E-state index in [1.807, 2.05) is 24.3 Å². The Labute approximate surface area is 144 Å². The van der Waals surface area contributed by atoms with Crippen LogP contribution in [0.15, 0.2) is 24.3 Å². The lowest BCUT2D eigenvalue weighted by atomic mass is 10.0. The average molecular weight is 336 g/mol. The number of carbonyl (C=O) groups is 1. The standard InChI is InChI=1S/C18H28N2O4/c1-22-11-9-20(13-16-7-3-4-8-17(16)23-2)18(21)19-12-15-6-5-10-24-14-15/h3-4,7-8,15H,5-6,9-14H2,1-2H3,(H,19,21). The van der Waals surface area contributed by atoms with Crippen LogP contribution in [0.1, 0.15) is 18.4 Å². The van der Waals surface area contributed by atoms with Crippen molar-refractivity contribution in [2.75, 3.05) is 47.1 Å². The zero-order valence-electron chi connectivity index (χ0n) is 14.6. The van der Waals surface area contributed by atoms with E-state index in [0.29, 0.717) is 32.2 Å². The van der Waals surface area contributed by atoms with E-state index in [0.717, 1.165) is 37.4 Å². The molecule has 1 aliphatic rings. The van der Waals surface area contributed by atoms with Gasteiger partial charge in [-0.25, -0.2) is 4.79 Å². The van der Waals surface area contributed by atoms with Gasteiger partial charge in [0.2, 0.25) is 0 Å². The van der Waals surface area contributed by atoms with Crippen molar-refractivity contribution >= 4 is 6.03 Å². The van der Waals surface area contributed by atoms with E-state index < -0.39 is 0 Å². The van der Waals surface area contributed by atoms with E-state index in [4.69, 9.17) is 14.2 Å². The first-order chi connectivity index (χ1) is 11.7. The van der Waals surface area contributed by atoms with Crippen molar-refractivity contribution in [3.63, 3.8) is 0 Å². The quantitative estimate of drug-likeness (QED) is 0.791. The Morgan fingerprint density at radius 3 is 2.92 bits per heavy atom. The van der Waals surface area contributed by atoms with Crippen LogP contribution in [0.3, 0.4) is 0 Å². The fourth-order valence-corrected chi connectivity index (χ4v) is 2.80. The summed E-state index contributed by atoms with van der Waals surface area (Å²) in [4.78, 5) is 14.3. The van der Waals surface area contributed by atoms with Crippen LogP contribution in [-0.4, -0.2) is 58.1 Å². The topological polar surface area (TPSA) is 60.0 Å². The van der Waals surface area contributed by atoms with Gasteiger partial charge in [-0.05, 0) is 24.8 Å². The Kier molecular flexibility index (Phi) is 7.85. The van der Waals surface area contributed by atoms with Crippen LogP contribution in [0, 0.1) is 5.92 Å². The summed E-state index contributed by atoms with van der Waals surface area (Å²) in [5.74, 6) is 1.19. The Hall–Kier alpha value is -1.79. The highest BCUT2D eigenvalue weighted by Gasteiger charge is 2.19. The lowest BCUT2D eigenvalue weighted by molar-refractivity contribution is 0.0549. The molecule has 1 saturated heterocycles. The van der Waals surface area contributed by atoms with E-state index in [2.05, 4.69) is 5.32 Å². The number of urea groups is 1. The van der Waals surface area contributed by atoms with E-state index in [1.165, 1.54) is 0 Å². The molecule has 0 aliphatic carbocycles. The number of para-hydroxylation sites is 1. The molecule has 0 bridgehead atoms. The van der Waals surface area contributed by atoms with Crippen LogP contribution >= 0.6 is 0 Å². The van der Waals surface area contributed by atoms with Crippen molar-refractivity contribution < 1.29 is 19.0 Å². The molecule has 1 heterocycles. The first-order valence-corrected chi connectivity index (χ1v) is 8.46. The van der Waals surface area contributed by atoms with E-state index >= 15 is 0 Å². The van der Waals surface area contributed by atoms with Gasteiger partial charge >= 0.3 is 6.03 Å². The van der Waals surface area contributed by atoms with Crippen molar-refractivity contribution in [2.45, 2.75) is 19.4 Å². The number of hydrogen-bond donors (Lipinski definition) is 1. The molecule has 0 saturated carbocycles. The predicted octanol–water partition coefficient (Wildman–Crippen LogP) is 2.28. The van der Waals surface area contributed by atoms with Crippen LogP contribution in [0.25, 0.3) is 0 Å². The number of ether oxygens (including phenoxy) is 3. The second-order valence-electron chi connectivity index (χ2n) is 6.00. The van der Waals surface area contributed by atoms with Crippen LogP contribution < -0.4 is 10.1 Å². The number of methoxy groups -OCH3 is 2. The first kappa shape index (κ1) is 18.5. The third kappa shape index (κ3) is 5.69. The lowest BCUT2D eigenvalue weighted by Gasteiger charge is -2.26. The molecule has 2 amide bonds. The summed E-state index contributed by atoms with van der Waals surface area (Å²) >= 11 is 0. The Morgan fingerprint density at radius 1 is 1.38 bits per heavy atom. The van der Waals surface area contributed by atoms with Crippen molar-refractivity contribution in [1.82, 2.24) is 10.2 Å². The van der Waals surface area contributed by atoms with E-state index in [-0.39, 0.29) is 6.03 Å². The monoisotopic (exact) mass is 336 g/mol. The van der Waals surface area contributed by atoms with Crippen LogP contribution in [-0.2, 0) is 16.0 Å². The summed E-state index contributed by atoms with van der Waals surface area (Å²) < 4.78 is 16.0. The molecule has 6 heteroatoms. The smallest absolute Gasteiger partial charge is 0.317 e. The highest BCUT2D eigenvalue weighted by Crippen LogP contribution is 2.19. The van der Waals surface area contributed by atoms with Crippen molar-refractivity contribution in [2.24, 2.45) is 5.92 Å². The predicted molar refractivity (Wildman–Crippen MR) is 92.2 cm³/mol. The van der Waals surface area contributed by atoms with Gasteiger partial charge in [0.15, 0.2) is 0 Å².